The summed E-state index contributed by atoms with van der Waals surface area (Å²) >= 11 is 0. The lowest BCUT2D eigenvalue weighted by Crippen LogP contribution is -2.13. The van der Waals surface area contributed by atoms with Crippen molar-refractivity contribution in [1.29, 1.82) is 0 Å². The van der Waals surface area contributed by atoms with E-state index in [0.717, 1.165) is 24.5 Å². The summed E-state index contributed by atoms with van der Waals surface area (Å²) in [6.45, 7) is 10.3. The zero-order valence-corrected chi connectivity index (χ0v) is 13.3. The van der Waals surface area contributed by atoms with Gasteiger partial charge in [0.2, 0.25) is 5.88 Å². The average molecular weight is 284 g/mol. The average Bonchev–Trinajstić information content (AvgIpc) is 2.47. The highest BCUT2D eigenvalue weighted by molar-refractivity contribution is 5.33. The standard InChI is InChI=1S/C18H24N2O/c1-5-19-12-16-8-11-18(20-14(16)4)21-17-9-6-15(7-10-17)13(2)3/h6-11,13,19H,5,12H2,1-4H3. The molecule has 0 spiro atoms. The number of aromatic nitrogens is 1. The summed E-state index contributed by atoms with van der Waals surface area (Å²) in [5, 5.41) is 3.31. The number of aryl methyl sites for hydroxylation is 1. The number of rotatable bonds is 6. The molecule has 1 N–H and O–H groups in total. The molecule has 0 saturated carbocycles. The Labute approximate surface area is 127 Å². The molecule has 0 saturated heterocycles. The van der Waals surface area contributed by atoms with Gasteiger partial charge in [0.25, 0.3) is 0 Å². The molecule has 112 valence electrons. The molecule has 0 amide bonds. The molecule has 0 radical (unpaired) electrons. The minimum atomic E-state index is 0.532. The highest BCUT2D eigenvalue weighted by Crippen LogP contribution is 2.23. The number of hydrogen-bond donors (Lipinski definition) is 1. The minimum Gasteiger partial charge on any atom is -0.439 e. The van der Waals surface area contributed by atoms with E-state index in [9.17, 15) is 0 Å². The quantitative estimate of drug-likeness (QED) is 0.853. The van der Waals surface area contributed by atoms with Gasteiger partial charge in [-0.3, -0.25) is 0 Å². The second-order valence-electron chi connectivity index (χ2n) is 5.50. The fourth-order valence-corrected chi connectivity index (χ4v) is 2.11. The van der Waals surface area contributed by atoms with Gasteiger partial charge in [0.1, 0.15) is 5.75 Å². The summed E-state index contributed by atoms with van der Waals surface area (Å²) in [7, 11) is 0. The molecular formula is C18H24N2O. The summed E-state index contributed by atoms with van der Waals surface area (Å²) in [5.74, 6) is 2.00. The number of nitrogens with one attached hydrogen (secondary N) is 1. The Morgan fingerprint density at radius 1 is 1.10 bits per heavy atom. The number of ether oxygens (including phenoxy) is 1. The van der Waals surface area contributed by atoms with E-state index in [1.807, 2.05) is 25.1 Å². The van der Waals surface area contributed by atoms with Crippen LogP contribution in [0.3, 0.4) is 0 Å². The van der Waals surface area contributed by atoms with Gasteiger partial charge in [0.05, 0.1) is 0 Å². The third-order valence-electron chi connectivity index (χ3n) is 3.50. The Balaban J connectivity index is 2.07. The van der Waals surface area contributed by atoms with Crippen LogP contribution in [0.25, 0.3) is 0 Å². The van der Waals surface area contributed by atoms with Crippen molar-refractivity contribution >= 4 is 0 Å². The van der Waals surface area contributed by atoms with Crippen LogP contribution in [-0.2, 0) is 6.54 Å². The molecular weight excluding hydrogens is 260 g/mol. The Hall–Kier alpha value is -1.87. The van der Waals surface area contributed by atoms with Gasteiger partial charge in [-0.15, -0.1) is 0 Å². The number of nitrogens with zero attached hydrogens (tertiary/aromatic N) is 1. The zero-order valence-electron chi connectivity index (χ0n) is 13.3. The maximum atomic E-state index is 5.82. The summed E-state index contributed by atoms with van der Waals surface area (Å²) in [6, 6.07) is 12.2. The van der Waals surface area contributed by atoms with Crippen molar-refractivity contribution in [3.8, 4) is 11.6 Å². The highest BCUT2D eigenvalue weighted by atomic mass is 16.5. The van der Waals surface area contributed by atoms with Gasteiger partial charge < -0.3 is 10.1 Å². The molecule has 0 unspecified atom stereocenters. The van der Waals surface area contributed by atoms with E-state index in [-0.39, 0.29) is 0 Å². The number of hydrogen-bond acceptors (Lipinski definition) is 3. The van der Waals surface area contributed by atoms with Crippen molar-refractivity contribution in [2.45, 2.75) is 40.2 Å². The van der Waals surface area contributed by atoms with Gasteiger partial charge >= 0.3 is 0 Å². The maximum Gasteiger partial charge on any atom is 0.219 e. The summed E-state index contributed by atoms with van der Waals surface area (Å²) in [5.41, 5.74) is 3.53. The van der Waals surface area contributed by atoms with E-state index in [1.165, 1.54) is 11.1 Å². The largest absolute Gasteiger partial charge is 0.439 e. The molecule has 0 atom stereocenters. The first-order chi connectivity index (χ1) is 10.1. The molecule has 1 heterocycles. The molecule has 3 nitrogen and oxygen atoms in total. The fraction of sp³-hybridized carbons (Fsp3) is 0.389. The third-order valence-corrected chi connectivity index (χ3v) is 3.50. The van der Waals surface area contributed by atoms with Crippen LogP contribution in [0.15, 0.2) is 36.4 Å². The second-order valence-corrected chi connectivity index (χ2v) is 5.50. The zero-order chi connectivity index (χ0) is 15.2. The SMILES string of the molecule is CCNCc1ccc(Oc2ccc(C(C)C)cc2)nc1C. The number of pyridine rings is 1. The molecule has 21 heavy (non-hydrogen) atoms. The Bertz CT molecular complexity index is 576. The van der Waals surface area contributed by atoms with Crippen LogP contribution in [0.5, 0.6) is 11.6 Å². The van der Waals surface area contributed by atoms with E-state index < -0.39 is 0 Å². The van der Waals surface area contributed by atoms with Gasteiger partial charge in [-0.05, 0) is 42.6 Å². The van der Waals surface area contributed by atoms with Crippen LogP contribution in [0, 0.1) is 6.92 Å². The summed E-state index contributed by atoms with van der Waals surface area (Å²) in [4.78, 5) is 4.52. The van der Waals surface area contributed by atoms with Crippen molar-refractivity contribution in [2.75, 3.05) is 6.54 Å². The van der Waals surface area contributed by atoms with Crippen LogP contribution in [0.4, 0.5) is 0 Å². The molecule has 1 aromatic heterocycles. The maximum absolute atomic E-state index is 5.82. The van der Waals surface area contributed by atoms with Gasteiger partial charge in [-0.1, -0.05) is 39.0 Å². The van der Waals surface area contributed by atoms with Crippen LogP contribution < -0.4 is 10.1 Å². The van der Waals surface area contributed by atoms with Crippen LogP contribution >= 0.6 is 0 Å². The molecule has 0 aliphatic carbocycles. The molecule has 1 aromatic carbocycles. The molecule has 0 aliphatic rings. The first kappa shape index (κ1) is 15.5. The lowest BCUT2D eigenvalue weighted by atomic mass is 10.0. The summed E-state index contributed by atoms with van der Waals surface area (Å²) < 4.78 is 5.82. The van der Waals surface area contributed by atoms with Crippen molar-refractivity contribution in [2.24, 2.45) is 0 Å². The highest BCUT2D eigenvalue weighted by Gasteiger charge is 2.04. The monoisotopic (exact) mass is 284 g/mol. The lowest BCUT2D eigenvalue weighted by Gasteiger charge is -2.10. The van der Waals surface area contributed by atoms with Crippen LogP contribution in [0.1, 0.15) is 43.5 Å². The smallest absolute Gasteiger partial charge is 0.219 e. The Morgan fingerprint density at radius 3 is 2.38 bits per heavy atom. The first-order valence-electron chi connectivity index (χ1n) is 7.55. The molecule has 0 aliphatic heterocycles. The molecule has 0 bridgehead atoms. The van der Waals surface area contributed by atoms with Crippen molar-refractivity contribution in [3.05, 3.63) is 53.2 Å². The van der Waals surface area contributed by atoms with E-state index in [1.54, 1.807) is 0 Å². The minimum absolute atomic E-state index is 0.532. The third kappa shape index (κ3) is 4.30. The predicted octanol–water partition coefficient (Wildman–Crippen LogP) is 4.42. The van der Waals surface area contributed by atoms with Gasteiger partial charge in [-0.25, -0.2) is 4.98 Å². The van der Waals surface area contributed by atoms with Gasteiger partial charge in [-0.2, -0.15) is 0 Å². The van der Waals surface area contributed by atoms with Crippen LogP contribution in [0.2, 0.25) is 0 Å². The van der Waals surface area contributed by atoms with Gasteiger partial charge in [0.15, 0.2) is 0 Å². The van der Waals surface area contributed by atoms with E-state index in [0.29, 0.717) is 11.8 Å². The molecule has 2 aromatic rings. The molecule has 2 rings (SSSR count). The fourth-order valence-electron chi connectivity index (χ4n) is 2.11. The molecule has 3 heteroatoms. The van der Waals surface area contributed by atoms with Crippen molar-refractivity contribution in [1.82, 2.24) is 10.3 Å². The van der Waals surface area contributed by atoms with Crippen LogP contribution in [-0.4, -0.2) is 11.5 Å². The lowest BCUT2D eigenvalue weighted by molar-refractivity contribution is 0.460. The van der Waals surface area contributed by atoms with Crippen molar-refractivity contribution < 1.29 is 4.74 Å². The molecule has 0 fully saturated rings. The van der Waals surface area contributed by atoms with E-state index >= 15 is 0 Å². The number of benzene rings is 1. The Morgan fingerprint density at radius 2 is 1.81 bits per heavy atom. The van der Waals surface area contributed by atoms with Gasteiger partial charge in [0, 0.05) is 18.3 Å². The Kier molecular flexibility index (Phi) is 5.34. The second kappa shape index (κ2) is 7.23. The normalized spacial score (nSPS) is 10.9. The van der Waals surface area contributed by atoms with E-state index in [2.05, 4.69) is 49.3 Å². The topological polar surface area (TPSA) is 34.1 Å². The summed E-state index contributed by atoms with van der Waals surface area (Å²) in [6.07, 6.45) is 0. The van der Waals surface area contributed by atoms with E-state index in [4.69, 9.17) is 4.74 Å². The first-order valence-corrected chi connectivity index (χ1v) is 7.55. The predicted molar refractivity (Wildman–Crippen MR) is 87.0 cm³/mol. The van der Waals surface area contributed by atoms with Crippen molar-refractivity contribution in [3.63, 3.8) is 0 Å².